The first-order valence-electron chi connectivity index (χ1n) is 12.7. The number of esters is 1. The number of rotatable bonds is 15. The predicted octanol–water partition coefficient (Wildman–Crippen LogP) is 5.79. The molecule has 10 nitrogen and oxygen atoms in total. The normalized spacial score (nSPS) is 13.2. The molecule has 0 aromatic heterocycles. The van der Waals surface area contributed by atoms with Crippen LogP contribution in [0.2, 0.25) is 0 Å². The van der Waals surface area contributed by atoms with Gasteiger partial charge >= 0.3 is 13.5 Å². The predicted molar refractivity (Wildman–Crippen MR) is 157 cm³/mol. The number of hydrogen-bond acceptors (Lipinski definition) is 9. The van der Waals surface area contributed by atoms with Crippen molar-refractivity contribution in [2.45, 2.75) is 19.6 Å². The van der Waals surface area contributed by atoms with Crippen LogP contribution in [-0.2, 0) is 25.4 Å². The van der Waals surface area contributed by atoms with E-state index >= 15 is 0 Å². The van der Waals surface area contributed by atoms with Gasteiger partial charge in [-0.05, 0) is 47.9 Å². The molecule has 0 radical (unpaired) electrons. The molecule has 0 aliphatic rings. The van der Waals surface area contributed by atoms with Crippen LogP contribution in [0.25, 0.3) is 12.2 Å². The minimum Gasteiger partial charge on any atom is -0.493 e. The fourth-order valence-electron chi connectivity index (χ4n) is 3.88. The van der Waals surface area contributed by atoms with Crippen LogP contribution >= 0.6 is 7.52 Å². The molecule has 0 fully saturated rings. The summed E-state index contributed by atoms with van der Waals surface area (Å²) in [6.07, 6.45) is 3.40. The zero-order valence-electron chi connectivity index (χ0n) is 24.0. The highest BCUT2D eigenvalue weighted by Crippen LogP contribution is 2.47. The molecule has 220 valence electrons. The van der Waals surface area contributed by atoms with E-state index in [1.54, 1.807) is 40.4 Å². The van der Waals surface area contributed by atoms with Crippen LogP contribution in [0.5, 0.6) is 28.7 Å². The van der Waals surface area contributed by atoms with Gasteiger partial charge in [-0.1, -0.05) is 48.6 Å². The van der Waals surface area contributed by atoms with Gasteiger partial charge in [-0.2, -0.15) is 0 Å². The summed E-state index contributed by atoms with van der Waals surface area (Å²) in [7, 11) is 3.77. The summed E-state index contributed by atoms with van der Waals surface area (Å²) in [4.78, 5) is 12.6. The summed E-state index contributed by atoms with van der Waals surface area (Å²) in [5, 5.41) is 2.76. The lowest BCUT2D eigenvalue weighted by molar-refractivity contribution is -0.146. The van der Waals surface area contributed by atoms with Crippen molar-refractivity contribution in [3.05, 3.63) is 77.4 Å². The standard InChI is InChI=1S/C30H36NO9P/c1-21(30(32)39-19-23-10-8-7-9-11-23)31-41(33,20-34-2)40-26-16-22(14-15-25(26)35-3)12-13-24-17-27(36-4)29(38-6)28(18-24)37-5/h7-18,21H,19-20H2,1-6H3,(H,31,33)/b13-12-. The summed E-state index contributed by atoms with van der Waals surface area (Å²) >= 11 is 0. The van der Waals surface area contributed by atoms with Gasteiger partial charge < -0.3 is 32.9 Å². The Balaban J connectivity index is 1.80. The van der Waals surface area contributed by atoms with Gasteiger partial charge in [0.2, 0.25) is 5.75 Å². The van der Waals surface area contributed by atoms with Crippen LogP contribution in [0, 0.1) is 0 Å². The Labute approximate surface area is 240 Å². The van der Waals surface area contributed by atoms with Crippen LogP contribution in [0.15, 0.2) is 60.7 Å². The first-order chi connectivity index (χ1) is 19.7. The number of carbonyl (C=O) groups excluding carboxylic acids is 1. The molecule has 41 heavy (non-hydrogen) atoms. The Morgan fingerprint density at radius 2 is 1.41 bits per heavy atom. The zero-order chi connectivity index (χ0) is 29.8. The highest BCUT2D eigenvalue weighted by atomic mass is 31.2. The average Bonchev–Trinajstić information content (AvgIpc) is 2.98. The van der Waals surface area contributed by atoms with Crippen molar-refractivity contribution in [3.8, 4) is 28.7 Å². The lowest BCUT2D eigenvalue weighted by atomic mass is 10.1. The maximum Gasteiger partial charge on any atom is 0.342 e. The lowest BCUT2D eigenvalue weighted by Crippen LogP contribution is -2.35. The van der Waals surface area contributed by atoms with Crippen LogP contribution in [0.1, 0.15) is 23.6 Å². The highest BCUT2D eigenvalue weighted by molar-refractivity contribution is 7.57. The molecule has 0 amide bonds. The van der Waals surface area contributed by atoms with Crippen molar-refractivity contribution in [1.29, 1.82) is 0 Å². The molecule has 1 N–H and O–H groups in total. The maximum absolute atomic E-state index is 13.8. The number of nitrogens with one attached hydrogen (secondary N) is 1. The summed E-state index contributed by atoms with van der Waals surface area (Å²) in [6, 6.07) is 17.2. The summed E-state index contributed by atoms with van der Waals surface area (Å²) in [5.41, 5.74) is 2.37. The van der Waals surface area contributed by atoms with Gasteiger partial charge in [0.25, 0.3) is 0 Å². The molecule has 0 aliphatic carbocycles. The summed E-state index contributed by atoms with van der Waals surface area (Å²) in [6.45, 7) is 1.64. The summed E-state index contributed by atoms with van der Waals surface area (Å²) < 4.78 is 51.9. The molecule has 11 heteroatoms. The average molecular weight is 586 g/mol. The SMILES string of the molecule is COCP(=O)(NC(C)C(=O)OCc1ccccc1)Oc1cc(/C=C\c2cc(OC)c(OC)c(OC)c2)ccc1OC. The largest absolute Gasteiger partial charge is 0.493 e. The van der Waals surface area contributed by atoms with Gasteiger partial charge in [0.1, 0.15) is 19.0 Å². The second-order valence-electron chi connectivity index (χ2n) is 8.83. The van der Waals surface area contributed by atoms with Gasteiger partial charge in [-0.25, -0.2) is 5.09 Å². The molecule has 0 saturated heterocycles. The highest BCUT2D eigenvalue weighted by Gasteiger charge is 2.31. The van der Waals surface area contributed by atoms with E-state index in [1.807, 2.05) is 60.7 Å². The Morgan fingerprint density at radius 1 is 0.805 bits per heavy atom. The van der Waals surface area contributed by atoms with E-state index in [-0.39, 0.29) is 18.7 Å². The number of carbonyl (C=O) groups is 1. The monoisotopic (exact) mass is 585 g/mol. The fourth-order valence-corrected chi connectivity index (χ4v) is 5.55. The Bertz CT molecular complexity index is 1350. The molecular formula is C30H36NO9P. The van der Waals surface area contributed by atoms with E-state index in [9.17, 15) is 9.36 Å². The van der Waals surface area contributed by atoms with E-state index in [1.165, 1.54) is 14.2 Å². The molecule has 0 bridgehead atoms. The van der Waals surface area contributed by atoms with E-state index in [0.29, 0.717) is 23.0 Å². The smallest absolute Gasteiger partial charge is 0.342 e. The van der Waals surface area contributed by atoms with Gasteiger partial charge in [-0.3, -0.25) is 9.36 Å². The third-order valence-electron chi connectivity index (χ3n) is 5.86. The van der Waals surface area contributed by atoms with E-state index in [2.05, 4.69) is 5.09 Å². The van der Waals surface area contributed by atoms with Crippen molar-refractivity contribution in [3.63, 3.8) is 0 Å². The van der Waals surface area contributed by atoms with E-state index in [0.717, 1.165) is 16.7 Å². The number of hydrogen-bond donors (Lipinski definition) is 1. The quantitative estimate of drug-likeness (QED) is 0.134. The molecule has 3 aromatic carbocycles. The first kappa shape index (κ1) is 31.5. The lowest BCUT2D eigenvalue weighted by Gasteiger charge is -2.24. The van der Waals surface area contributed by atoms with Crippen molar-refractivity contribution in [2.75, 3.05) is 41.9 Å². The molecule has 0 aliphatic heterocycles. The van der Waals surface area contributed by atoms with Gasteiger partial charge in [0.05, 0.1) is 28.4 Å². The van der Waals surface area contributed by atoms with Gasteiger partial charge in [0, 0.05) is 7.11 Å². The molecule has 0 heterocycles. The van der Waals surface area contributed by atoms with Crippen LogP contribution in [-0.4, -0.2) is 53.9 Å². The number of methoxy groups -OCH3 is 5. The third kappa shape index (κ3) is 8.75. The molecular weight excluding hydrogens is 549 g/mol. The number of benzene rings is 3. The second kappa shape index (κ2) is 15.1. The summed E-state index contributed by atoms with van der Waals surface area (Å²) in [5.74, 6) is 1.51. The fraction of sp³-hybridized carbons (Fsp3) is 0.300. The minimum atomic E-state index is -3.74. The maximum atomic E-state index is 13.8. The molecule has 0 saturated carbocycles. The Kier molecular flexibility index (Phi) is 11.6. The first-order valence-corrected chi connectivity index (χ1v) is 14.5. The zero-order valence-corrected chi connectivity index (χ0v) is 24.9. The molecule has 2 unspecified atom stereocenters. The van der Waals surface area contributed by atoms with Crippen LogP contribution in [0.3, 0.4) is 0 Å². The molecule has 0 spiro atoms. The number of ether oxygens (including phenoxy) is 6. The molecule has 3 aromatic rings. The van der Waals surface area contributed by atoms with E-state index in [4.69, 9.17) is 32.9 Å². The van der Waals surface area contributed by atoms with Crippen molar-refractivity contribution < 1.29 is 42.3 Å². The molecule has 2 atom stereocenters. The topological polar surface area (TPSA) is 111 Å². The minimum absolute atomic E-state index is 0.0925. The Hall–Kier alpha value is -3.98. The Morgan fingerprint density at radius 3 is 2.00 bits per heavy atom. The molecule has 3 rings (SSSR count). The van der Waals surface area contributed by atoms with Crippen molar-refractivity contribution >= 4 is 25.6 Å². The van der Waals surface area contributed by atoms with Crippen molar-refractivity contribution in [2.24, 2.45) is 0 Å². The second-order valence-corrected chi connectivity index (χ2v) is 10.9. The van der Waals surface area contributed by atoms with Crippen LogP contribution in [0.4, 0.5) is 0 Å². The third-order valence-corrected chi connectivity index (χ3v) is 7.73. The van der Waals surface area contributed by atoms with E-state index < -0.39 is 19.5 Å². The van der Waals surface area contributed by atoms with Crippen molar-refractivity contribution in [1.82, 2.24) is 5.09 Å². The van der Waals surface area contributed by atoms with Crippen LogP contribution < -0.4 is 28.6 Å². The van der Waals surface area contributed by atoms with Gasteiger partial charge in [-0.15, -0.1) is 0 Å². The van der Waals surface area contributed by atoms with Gasteiger partial charge in [0.15, 0.2) is 23.0 Å².